The Morgan fingerprint density at radius 3 is 2.42 bits per heavy atom. The summed E-state index contributed by atoms with van der Waals surface area (Å²) in [4.78, 5) is 23.5. The second kappa shape index (κ2) is 5.03. The molecule has 1 atom stereocenters. The van der Waals surface area contributed by atoms with Gasteiger partial charge in [0.25, 0.3) is 0 Å². The Labute approximate surface area is 112 Å². The van der Waals surface area contributed by atoms with Crippen molar-refractivity contribution in [3.05, 3.63) is 17.0 Å². The van der Waals surface area contributed by atoms with Crippen molar-refractivity contribution in [2.24, 2.45) is 13.0 Å². The van der Waals surface area contributed by atoms with Gasteiger partial charge in [-0.1, -0.05) is 0 Å². The first kappa shape index (κ1) is 13.6. The molecule has 0 saturated heterocycles. The summed E-state index contributed by atoms with van der Waals surface area (Å²) < 4.78 is 1.76. The lowest BCUT2D eigenvalue weighted by Crippen LogP contribution is -2.44. The van der Waals surface area contributed by atoms with Crippen LogP contribution in [0.25, 0.3) is 0 Å². The van der Waals surface area contributed by atoms with Crippen molar-refractivity contribution in [3.63, 3.8) is 0 Å². The Bertz CT molecular complexity index is 517. The summed E-state index contributed by atoms with van der Waals surface area (Å²) in [6, 6.07) is 0. The molecular formula is C13H20N4O2. The van der Waals surface area contributed by atoms with E-state index >= 15 is 0 Å². The summed E-state index contributed by atoms with van der Waals surface area (Å²) in [5.41, 5.74) is 7.69. The maximum atomic E-state index is 12.0. The van der Waals surface area contributed by atoms with Crippen LogP contribution in [0.15, 0.2) is 0 Å². The van der Waals surface area contributed by atoms with Crippen LogP contribution in [0.5, 0.6) is 0 Å². The first-order valence-corrected chi connectivity index (χ1v) is 6.51. The van der Waals surface area contributed by atoms with Crippen LogP contribution in [0.1, 0.15) is 42.6 Å². The third-order valence-corrected chi connectivity index (χ3v) is 3.65. The zero-order chi connectivity index (χ0) is 14.2. The summed E-state index contributed by atoms with van der Waals surface area (Å²) >= 11 is 0. The van der Waals surface area contributed by atoms with Crippen molar-refractivity contribution in [3.8, 4) is 0 Å². The Hall–Kier alpha value is -1.85. The van der Waals surface area contributed by atoms with Crippen LogP contribution in [0.3, 0.4) is 0 Å². The molecule has 6 heteroatoms. The molecule has 2 rings (SSSR count). The number of hydrogen-bond donors (Lipinski definition) is 2. The number of nitrogens with zero attached hydrogens (tertiary/aromatic N) is 2. The van der Waals surface area contributed by atoms with E-state index in [0.717, 1.165) is 29.8 Å². The fraction of sp³-hybridized carbons (Fsp3) is 0.615. The average molecular weight is 264 g/mol. The number of nitrogens with one attached hydrogen (secondary N) is 2. The van der Waals surface area contributed by atoms with Crippen molar-refractivity contribution >= 4 is 11.8 Å². The summed E-state index contributed by atoms with van der Waals surface area (Å²) in [7, 11) is 1.85. The Morgan fingerprint density at radius 2 is 1.95 bits per heavy atom. The van der Waals surface area contributed by atoms with Gasteiger partial charge in [-0.25, -0.2) is 0 Å². The molecule has 104 valence electrons. The van der Waals surface area contributed by atoms with E-state index in [-0.39, 0.29) is 23.7 Å². The van der Waals surface area contributed by atoms with E-state index in [1.165, 1.54) is 0 Å². The lowest BCUT2D eigenvalue weighted by molar-refractivity contribution is -0.130. The molecule has 1 unspecified atom stereocenters. The van der Waals surface area contributed by atoms with Crippen LogP contribution in [-0.2, 0) is 16.6 Å². The highest BCUT2D eigenvalue weighted by atomic mass is 16.2. The van der Waals surface area contributed by atoms with Gasteiger partial charge in [0, 0.05) is 24.2 Å². The second-order valence-electron chi connectivity index (χ2n) is 5.18. The van der Waals surface area contributed by atoms with Gasteiger partial charge in [-0.15, -0.1) is 0 Å². The number of carbonyl (C=O) groups excluding carboxylic acids is 2. The molecule has 0 aliphatic heterocycles. The highest BCUT2D eigenvalue weighted by Crippen LogP contribution is 2.28. The summed E-state index contributed by atoms with van der Waals surface area (Å²) in [5, 5.41) is 4.30. The van der Waals surface area contributed by atoms with E-state index in [9.17, 15) is 9.59 Å². The minimum absolute atomic E-state index is 0.0810. The van der Waals surface area contributed by atoms with Gasteiger partial charge in [0.1, 0.15) is 0 Å². The maximum absolute atomic E-state index is 12.0. The standard InChI is InChI=1S/C13H20N4O2/c1-7(11-8(2)16-17(4)9(11)3)12(18)14-15-13(19)10-5-6-10/h7,10H,5-6H2,1-4H3,(H,14,18)(H,15,19). The quantitative estimate of drug-likeness (QED) is 0.789. The molecule has 6 nitrogen and oxygen atoms in total. The largest absolute Gasteiger partial charge is 0.273 e. The summed E-state index contributed by atoms with van der Waals surface area (Å²) in [6.45, 7) is 5.63. The molecule has 1 aromatic rings. The fourth-order valence-corrected chi connectivity index (χ4v) is 2.23. The van der Waals surface area contributed by atoms with Crippen LogP contribution in [-0.4, -0.2) is 21.6 Å². The number of rotatable bonds is 3. The van der Waals surface area contributed by atoms with Crippen molar-refractivity contribution in [1.82, 2.24) is 20.6 Å². The predicted octanol–water partition coefficient (Wildman–Crippen LogP) is 0.698. The summed E-state index contributed by atoms with van der Waals surface area (Å²) in [6.07, 6.45) is 1.83. The second-order valence-corrected chi connectivity index (χ2v) is 5.18. The SMILES string of the molecule is Cc1nn(C)c(C)c1C(C)C(=O)NNC(=O)C1CC1. The highest BCUT2D eigenvalue weighted by molar-refractivity contribution is 5.87. The zero-order valence-corrected chi connectivity index (χ0v) is 11.8. The average Bonchev–Trinajstić information content (AvgIpc) is 3.15. The number of aromatic nitrogens is 2. The van der Waals surface area contributed by atoms with E-state index in [4.69, 9.17) is 0 Å². The molecule has 1 aliphatic rings. The van der Waals surface area contributed by atoms with Crippen molar-refractivity contribution in [1.29, 1.82) is 0 Å². The van der Waals surface area contributed by atoms with Crippen LogP contribution in [0, 0.1) is 19.8 Å². The van der Waals surface area contributed by atoms with Gasteiger partial charge in [-0.05, 0) is 33.6 Å². The van der Waals surface area contributed by atoms with E-state index < -0.39 is 0 Å². The maximum Gasteiger partial charge on any atom is 0.245 e. The molecule has 0 bridgehead atoms. The minimum atomic E-state index is -0.340. The Kier molecular flexibility index (Phi) is 3.59. The molecule has 0 spiro atoms. The number of amides is 2. The highest BCUT2D eigenvalue weighted by Gasteiger charge is 2.30. The number of carbonyl (C=O) groups is 2. The van der Waals surface area contributed by atoms with E-state index in [1.54, 1.807) is 4.68 Å². The smallest absolute Gasteiger partial charge is 0.245 e. The van der Waals surface area contributed by atoms with Crippen LogP contribution in [0.2, 0.25) is 0 Å². The van der Waals surface area contributed by atoms with E-state index in [2.05, 4.69) is 16.0 Å². The van der Waals surface area contributed by atoms with Gasteiger partial charge in [0.15, 0.2) is 0 Å². The van der Waals surface area contributed by atoms with E-state index in [0.29, 0.717) is 0 Å². The molecule has 19 heavy (non-hydrogen) atoms. The number of aryl methyl sites for hydroxylation is 2. The van der Waals surface area contributed by atoms with Gasteiger partial charge < -0.3 is 0 Å². The van der Waals surface area contributed by atoms with Crippen molar-refractivity contribution in [2.45, 2.75) is 39.5 Å². The molecule has 1 heterocycles. The van der Waals surface area contributed by atoms with Gasteiger partial charge in [0.2, 0.25) is 11.8 Å². The monoisotopic (exact) mass is 264 g/mol. The third kappa shape index (κ3) is 2.77. The predicted molar refractivity (Wildman–Crippen MR) is 70.1 cm³/mol. The summed E-state index contributed by atoms with van der Waals surface area (Å²) in [5.74, 6) is -0.570. The first-order valence-electron chi connectivity index (χ1n) is 6.51. The number of hydrogen-bond acceptors (Lipinski definition) is 3. The van der Waals surface area contributed by atoms with Crippen LogP contribution >= 0.6 is 0 Å². The lowest BCUT2D eigenvalue weighted by atomic mass is 9.98. The Morgan fingerprint density at radius 1 is 1.32 bits per heavy atom. The zero-order valence-electron chi connectivity index (χ0n) is 11.8. The first-order chi connectivity index (χ1) is 8.91. The normalized spacial score (nSPS) is 16.0. The minimum Gasteiger partial charge on any atom is -0.273 e. The van der Waals surface area contributed by atoms with Gasteiger partial charge in [0.05, 0.1) is 11.6 Å². The molecular weight excluding hydrogens is 244 g/mol. The molecule has 1 saturated carbocycles. The molecule has 0 aromatic carbocycles. The van der Waals surface area contributed by atoms with E-state index in [1.807, 2.05) is 27.8 Å². The fourth-order valence-electron chi connectivity index (χ4n) is 2.23. The van der Waals surface area contributed by atoms with Gasteiger partial charge >= 0.3 is 0 Å². The van der Waals surface area contributed by atoms with Gasteiger partial charge in [-0.3, -0.25) is 25.1 Å². The molecule has 1 fully saturated rings. The number of hydrazine groups is 1. The molecule has 2 N–H and O–H groups in total. The van der Waals surface area contributed by atoms with Crippen molar-refractivity contribution in [2.75, 3.05) is 0 Å². The van der Waals surface area contributed by atoms with Gasteiger partial charge in [-0.2, -0.15) is 5.10 Å². The lowest BCUT2D eigenvalue weighted by Gasteiger charge is -2.13. The third-order valence-electron chi connectivity index (χ3n) is 3.65. The Balaban J connectivity index is 1.99. The molecule has 0 radical (unpaired) electrons. The van der Waals surface area contributed by atoms with Crippen LogP contribution in [0.4, 0.5) is 0 Å². The topological polar surface area (TPSA) is 76.0 Å². The molecule has 2 amide bonds. The molecule has 1 aromatic heterocycles. The van der Waals surface area contributed by atoms with Crippen molar-refractivity contribution < 1.29 is 9.59 Å². The van der Waals surface area contributed by atoms with Crippen LogP contribution < -0.4 is 10.9 Å². The molecule has 1 aliphatic carbocycles.